The van der Waals surface area contributed by atoms with Gasteiger partial charge in [-0.2, -0.15) is 0 Å². The van der Waals surface area contributed by atoms with Gasteiger partial charge in [-0.1, -0.05) is 24.3 Å². The number of carbonyl (C=O) groups is 1. The van der Waals surface area contributed by atoms with Gasteiger partial charge in [0, 0.05) is 27.5 Å². The molecule has 76 valence electrons. The van der Waals surface area contributed by atoms with E-state index >= 15 is 0 Å². The summed E-state index contributed by atoms with van der Waals surface area (Å²) in [6, 6.07) is 8.02. The molecule has 1 aromatic heterocycles. The van der Waals surface area contributed by atoms with E-state index in [4.69, 9.17) is 0 Å². The number of carbonyl (C=O) groups excluding carboxylic acids is 1. The molecule has 0 amide bonds. The molecule has 2 heteroatoms. The number of fused-ring (bicyclic) bond motifs is 1. The molecule has 0 aliphatic carbocycles. The quantitative estimate of drug-likeness (QED) is 0.556. The van der Waals surface area contributed by atoms with Crippen molar-refractivity contribution >= 4 is 27.2 Å². The van der Waals surface area contributed by atoms with Crippen LogP contribution in [-0.4, -0.2) is 5.78 Å². The third kappa shape index (κ3) is 2.00. The highest BCUT2D eigenvalue weighted by Gasteiger charge is 2.10. The summed E-state index contributed by atoms with van der Waals surface area (Å²) in [6.07, 6.45) is 3.10. The Morgan fingerprint density at radius 3 is 3.00 bits per heavy atom. The number of benzene rings is 1. The van der Waals surface area contributed by atoms with E-state index in [9.17, 15) is 4.79 Å². The fourth-order valence-electron chi connectivity index (χ4n) is 1.56. The largest absolute Gasteiger partial charge is 0.294 e. The van der Waals surface area contributed by atoms with Crippen LogP contribution in [0.2, 0.25) is 0 Å². The molecule has 2 rings (SSSR count). The number of rotatable bonds is 4. The average Bonchev–Trinajstić information content (AvgIpc) is 2.69. The molecule has 0 bridgehead atoms. The molecule has 0 N–H and O–H groups in total. The molecule has 0 aliphatic heterocycles. The number of ketones is 1. The van der Waals surface area contributed by atoms with Gasteiger partial charge in [-0.25, -0.2) is 0 Å². The number of allylic oxidation sites excluding steroid dienone is 1. The third-order valence-electron chi connectivity index (χ3n) is 2.36. The van der Waals surface area contributed by atoms with Crippen LogP contribution in [0.15, 0.2) is 42.3 Å². The molecular formula is C13H12OS. The summed E-state index contributed by atoms with van der Waals surface area (Å²) >= 11 is 1.63. The topological polar surface area (TPSA) is 17.1 Å². The molecular weight excluding hydrogens is 204 g/mol. The lowest BCUT2D eigenvalue weighted by Gasteiger charge is -1.96. The van der Waals surface area contributed by atoms with Crippen molar-refractivity contribution in [3.8, 4) is 0 Å². The van der Waals surface area contributed by atoms with Crippen molar-refractivity contribution < 1.29 is 4.79 Å². The highest BCUT2D eigenvalue weighted by atomic mass is 32.1. The van der Waals surface area contributed by atoms with E-state index in [-0.39, 0.29) is 5.78 Å². The normalized spacial score (nSPS) is 10.4. The predicted molar refractivity (Wildman–Crippen MR) is 65.6 cm³/mol. The van der Waals surface area contributed by atoms with Crippen LogP contribution in [0.5, 0.6) is 0 Å². The van der Waals surface area contributed by atoms with Crippen molar-refractivity contribution in [1.82, 2.24) is 0 Å². The van der Waals surface area contributed by atoms with Crippen LogP contribution in [0, 0.1) is 0 Å². The standard InChI is InChI=1S/C13H12OS/c1-2-3-7-12(14)11-9-15-13-8-5-4-6-10(11)13/h2,4-6,8-9H,1,3,7H2. The molecule has 0 saturated carbocycles. The van der Waals surface area contributed by atoms with Gasteiger partial charge in [-0.15, -0.1) is 17.9 Å². The zero-order chi connectivity index (χ0) is 10.7. The van der Waals surface area contributed by atoms with Crippen molar-refractivity contribution in [2.24, 2.45) is 0 Å². The first-order valence-corrected chi connectivity index (χ1v) is 5.81. The Morgan fingerprint density at radius 1 is 1.40 bits per heavy atom. The molecule has 0 unspecified atom stereocenters. The van der Waals surface area contributed by atoms with Gasteiger partial charge in [0.15, 0.2) is 5.78 Å². The van der Waals surface area contributed by atoms with Crippen molar-refractivity contribution in [2.75, 3.05) is 0 Å². The number of hydrogen-bond acceptors (Lipinski definition) is 2. The first-order chi connectivity index (χ1) is 7.33. The summed E-state index contributed by atoms with van der Waals surface area (Å²) in [6.45, 7) is 3.63. The van der Waals surface area contributed by atoms with Gasteiger partial charge in [0.1, 0.15) is 0 Å². The maximum Gasteiger partial charge on any atom is 0.164 e. The fourth-order valence-corrected chi connectivity index (χ4v) is 2.53. The van der Waals surface area contributed by atoms with Gasteiger partial charge < -0.3 is 0 Å². The lowest BCUT2D eigenvalue weighted by atomic mass is 10.1. The average molecular weight is 216 g/mol. The van der Waals surface area contributed by atoms with Crippen LogP contribution in [0.4, 0.5) is 0 Å². The molecule has 0 spiro atoms. The summed E-state index contributed by atoms with van der Waals surface area (Å²) in [5.41, 5.74) is 0.859. The SMILES string of the molecule is C=CCCC(=O)c1csc2ccccc12. The Kier molecular flexibility index (Phi) is 2.97. The van der Waals surface area contributed by atoms with Gasteiger partial charge in [0.05, 0.1) is 0 Å². The first kappa shape index (κ1) is 10.1. The van der Waals surface area contributed by atoms with Gasteiger partial charge in [-0.3, -0.25) is 4.79 Å². The molecule has 15 heavy (non-hydrogen) atoms. The van der Waals surface area contributed by atoms with Crippen LogP contribution in [0.3, 0.4) is 0 Å². The summed E-state index contributed by atoms with van der Waals surface area (Å²) < 4.78 is 1.18. The maximum atomic E-state index is 11.8. The zero-order valence-electron chi connectivity index (χ0n) is 8.40. The second-order valence-electron chi connectivity index (χ2n) is 3.40. The van der Waals surface area contributed by atoms with E-state index in [0.717, 1.165) is 17.4 Å². The van der Waals surface area contributed by atoms with E-state index < -0.39 is 0 Å². The minimum atomic E-state index is 0.215. The van der Waals surface area contributed by atoms with Crippen LogP contribution in [0.25, 0.3) is 10.1 Å². The first-order valence-electron chi connectivity index (χ1n) is 4.93. The summed E-state index contributed by atoms with van der Waals surface area (Å²) in [5, 5.41) is 3.03. The molecule has 1 nitrogen and oxygen atoms in total. The summed E-state index contributed by atoms with van der Waals surface area (Å²) in [5.74, 6) is 0.215. The van der Waals surface area contributed by atoms with E-state index in [1.807, 2.05) is 29.6 Å². The fraction of sp³-hybridized carbons (Fsp3) is 0.154. The minimum Gasteiger partial charge on any atom is -0.294 e. The Bertz CT molecular complexity index is 496. The van der Waals surface area contributed by atoms with Crippen molar-refractivity contribution in [3.63, 3.8) is 0 Å². The Morgan fingerprint density at radius 2 is 2.20 bits per heavy atom. The second kappa shape index (κ2) is 4.41. The lowest BCUT2D eigenvalue weighted by Crippen LogP contribution is -1.96. The second-order valence-corrected chi connectivity index (χ2v) is 4.31. The smallest absolute Gasteiger partial charge is 0.164 e. The highest BCUT2D eigenvalue weighted by molar-refractivity contribution is 7.17. The van der Waals surface area contributed by atoms with E-state index in [2.05, 4.69) is 6.58 Å². The van der Waals surface area contributed by atoms with E-state index in [1.54, 1.807) is 17.4 Å². The predicted octanol–water partition coefficient (Wildman–Crippen LogP) is 4.05. The van der Waals surface area contributed by atoms with Crippen LogP contribution < -0.4 is 0 Å². The molecule has 0 atom stereocenters. The molecule has 2 aromatic rings. The van der Waals surface area contributed by atoms with Gasteiger partial charge >= 0.3 is 0 Å². The molecule has 1 aromatic carbocycles. The van der Waals surface area contributed by atoms with Crippen molar-refractivity contribution in [2.45, 2.75) is 12.8 Å². The molecule has 0 fully saturated rings. The highest BCUT2D eigenvalue weighted by Crippen LogP contribution is 2.26. The van der Waals surface area contributed by atoms with Crippen LogP contribution in [0.1, 0.15) is 23.2 Å². The summed E-state index contributed by atoms with van der Waals surface area (Å²) in [4.78, 5) is 11.8. The van der Waals surface area contributed by atoms with Gasteiger partial charge in [0.2, 0.25) is 0 Å². The van der Waals surface area contributed by atoms with Crippen molar-refractivity contribution in [3.05, 3.63) is 47.9 Å². The molecule has 0 radical (unpaired) electrons. The summed E-state index contributed by atoms with van der Waals surface area (Å²) in [7, 11) is 0. The Hall–Kier alpha value is -1.41. The molecule has 0 saturated heterocycles. The zero-order valence-corrected chi connectivity index (χ0v) is 9.22. The third-order valence-corrected chi connectivity index (χ3v) is 3.32. The Labute approximate surface area is 93.1 Å². The van der Waals surface area contributed by atoms with Crippen LogP contribution >= 0.6 is 11.3 Å². The lowest BCUT2D eigenvalue weighted by molar-refractivity contribution is 0.0985. The van der Waals surface area contributed by atoms with Gasteiger partial charge in [-0.05, 0) is 12.5 Å². The molecule has 0 aliphatic rings. The maximum absolute atomic E-state index is 11.8. The van der Waals surface area contributed by atoms with Crippen LogP contribution in [-0.2, 0) is 0 Å². The van der Waals surface area contributed by atoms with E-state index in [0.29, 0.717) is 6.42 Å². The number of Topliss-reactive ketones (excluding diaryl/α,β-unsaturated/α-hetero) is 1. The van der Waals surface area contributed by atoms with E-state index in [1.165, 1.54) is 4.70 Å². The monoisotopic (exact) mass is 216 g/mol. The minimum absolute atomic E-state index is 0.215. The number of thiophene rings is 1. The van der Waals surface area contributed by atoms with Gasteiger partial charge in [0.25, 0.3) is 0 Å². The number of hydrogen-bond donors (Lipinski definition) is 0. The Balaban J connectivity index is 2.35. The van der Waals surface area contributed by atoms with Crippen molar-refractivity contribution in [1.29, 1.82) is 0 Å². The molecule has 1 heterocycles.